The van der Waals surface area contributed by atoms with Gasteiger partial charge in [0.15, 0.2) is 6.04 Å². The van der Waals surface area contributed by atoms with Gasteiger partial charge in [-0.05, 0) is 49.1 Å². The zero-order chi connectivity index (χ0) is 27.3. The fourth-order valence-electron chi connectivity index (χ4n) is 4.51. The van der Waals surface area contributed by atoms with Gasteiger partial charge in [-0.15, -0.1) is 0 Å². The van der Waals surface area contributed by atoms with Gasteiger partial charge in [-0.3, -0.25) is 14.8 Å². The number of aliphatic carboxylic acids is 1. The molecule has 0 fully saturated rings. The quantitative estimate of drug-likeness (QED) is 0.364. The minimum atomic E-state index is -1.48. The van der Waals surface area contributed by atoms with Gasteiger partial charge in [0.25, 0.3) is 5.91 Å². The molecular formula is C28H36FN3O5. The van der Waals surface area contributed by atoms with Crippen molar-refractivity contribution in [1.82, 2.24) is 10.3 Å². The Bertz CT molecular complexity index is 1120. The molecule has 0 spiro atoms. The number of allylic oxidation sites excluding steroid dienone is 1. The van der Waals surface area contributed by atoms with E-state index in [4.69, 9.17) is 0 Å². The summed E-state index contributed by atoms with van der Waals surface area (Å²) in [5.74, 6) is -2.40. The Balaban J connectivity index is 2.03. The summed E-state index contributed by atoms with van der Waals surface area (Å²) in [5, 5.41) is 37.2. The van der Waals surface area contributed by atoms with E-state index in [1.807, 2.05) is 45.0 Å². The smallest absolute Gasteiger partial charge is 0.331 e. The first kappa shape index (κ1) is 28.1. The maximum Gasteiger partial charge on any atom is 0.331 e. The van der Waals surface area contributed by atoms with Crippen molar-refractivity contribution in [1.29, 1.82) is 0 Å². The van der Waals surface area contributed by atoms with Crippen LogP contribution in [0.1, 0.15) is 44.7 Å². The Morgan fingerprint density at radius 2 is 1.68 bits per heavy atom. The van der Waals surface area contributed by atoms with Crippen molar-refractivity contribution in [3.8, 4) is 0 Å². The van der Waals surface area contributed by atoms with Crippen molar-refractivity contribution in [2.75, 3.05) is 11.6 Å². The monoisotopic (exact) mass is 513 g/mol. The van der Waals surface area contributed by atoms with Crippen molar-refractivity contribution < 1.29 is 29.3 Å². The highest BCUT2D eigenvalue weighted by atomic mass is 19.1. The molecule has 2 aromatic carbocycles. The van der Waals surface area contributed by atoms with E-state index in [-0.39, 0.29) is 31.3 Å². The average Bonchev–Trinajstić information content (AvgIpc) is 3.24. The van der Waals surface area contributed by atoms with Gasteiger partial charge in [0.2, 0.25) is 0 Å². The number of carboxylic acid groups (broad SMARTS) is 1. The van der Waals surface area contributed by atoms with E-state index in [1.54, 1.807) is 11.9 Å². The SMILES string of the molecule is CCC(O)CC(O)C(C(=O)O)N1C(C(C)C)=C(C(=O)NCc2ccc(C)cc2)CN1c1ccc(F)cc1. The first-order valence-electron chi connectivity index (χ1n) is 12.5. The largest absolute Gasteiger partial charge is 0.480 e. The predicted octanol–water partition coefficient (Wildman–Crippen LogP) is 3.37. The molecule has 37 heavy (non-hydrogen) atoms. The number of aliphatic hydroxyl groups is 2. The lowest BCUT2D eigenvalue weighted by Gasteiger charge is -2.41. The Morgan fingerprint density at radius 1 is 1.05 bits per heavy atom. The van der Waals surface area contributed by atoms with Crippen molar-refractivity contribution in [2.24, 2.45) is 5.92 Å². The van der Waals surface area contributed by atoms with Gasteiger partial charge in [0.05, 0.1) is 30.0 Å². The fourth-order valence-corrected chi connectivity index (χ4v) is 4.51. The van der Waals surface area contributed by atoms with E-state index < -0.39 is 30.0 Å². The highest BCUT2D eigenvalue weighted by Crippen LogP contribution is 2.36. The third-order valence-corrected chi connectivity index (χ3v) is 6.51. The normalized spacial score (nSPS) is 16.2. The molecular weight excluding hydrogens is 477 g/mol. The van der Waals surface area contributed by atoms with Crippen LogP contribution in [0.15, 0.2) is 59.8 Å². The number of nitrogens with zero attached hydrogens (tertiary/aromatic N) is 2. The first-order valence-corrected chi connectivity index (χ1v) is 12.5. The number of hydrogen-bond acceptors (Lipinski definition) is 6. The van der Waals surface area contributed by atoms with Gasteiger partial charge in [-0.2, -0.15) is 0 Å². The van der Waals surface area contributed by atoms with Gasteiger partial charge in [0.1, 0.15) is 5.82 Å². The molecule has 4 N–H and O–H groups in total. The van der Waals surface area contributed by atoms with Crippen LogP contribution in [0.2, 0.25) is 0 Å². The van der Waals surface area contributed by atoms with Crippen LogP contribution in [0, 0.1) is 18.7 Å². The minimum Gasteiger partial charge on any atom is -0.480 e. The zero-order valence-electron chi connectivity index (χ0n) is 21.7. The average molecular weight is 514 g/mol. The van der Waals surface area contributed by atoms with Crippen molar-refractivity contribution in [2.45, 2.75) is 65.3 Å². The molecule has 0 bridgehead atoms. The molecule has 3 unspecified atom stereocenters. The number of rotatable bonds is 11. The van der Waals surface area contributed by atoms with E-state index >= 15 is 0 Å². The molecule has 1 heterocycles. The lowest BCUT2D eigenvalue weighted by Crippen LogP contribution is -2.55. The van der Waals surface area contributed by atoms with E-state index in [1.165, 1.54) is 29.3 Å². The molecule has 1 amide bonds. The summed E-state index contributed by atoms with van der Waals surface area (Å²) in [6.07, 6.45) is -2.12. The van der Waals surface area contributed by atoms with Crippen LogP contribution in [-0.4, -0.2) is 57.0 Å². The molecule has 200 valence electrons. The summed E-state index contributed by atoms with van der Waals surface area (Å²) in [6, 6.07) is 11.8. The number of halogens is 1. The standard InChI is InChI=1S/C28H36FN3O5/c1-5-22(33)14-24(34)26(28(36)37)32-25(17(2)3)23(16-31(32)21-12-10-20(29)11-13-21)27(35)30-15-19-8-6-18(4)7-9-19/h6-13,17,22,24,26,33-34H,5,14-16H2,1-4H3,(H,30,35)(H,36,37). The number of aliphatic hydroxyl groups excluding tert-OH is 2. The fraction of sp³-hybridized carbons (Fsp3) is 0.429. The topological polar surface area (TPSA) is 113 Å². The minimum absolute atomic E-state index is 0.0334. The third-order valence-electron chi connectivity index (χ3n) is 6.51. The van der Waals surface area contributed by atoms with Crippen LogP contribution in [0.5, 0.6) is 0 Å². The van der Waals surface area contributed by atoms with Crippen LogP contribution in [-0.2, 0) is 16.1 Å². The Hall–Kier alpha value is -3.43. The van der Waals surface area contributed by atoms with Crippen LogP contribution < -0.4 is 10.3 Å². The molecule has 9 heteroatoms. The molecule has 0 radical (unpaired) electrons. The number of carbonyl (C=O) groups excluding carboxylic acids is 1. The number of hydrogen-bond donors (Lipinski definition) is 4. The van der Waals surface area contributed by atoms with Crippen LogP contribution in [0.3, 0.4) is 0 Å². The van der Waals surface area contributed by atoms with Crippen molar-refractivity contribution in [3.63, 3.8) is 0 Å². The molecule has 3 atom stereocenters. The van der Waals surface area contributed by atoms with Gasteiger partial charge < -0.3 is 20.6 Å². The molecule has 0 aliphatic carbocycles. The van der Waals surface area contributed by atoms with E-state index in [2.05, 4.69) is 5.32 Å². The highest BCUT2D eigenvalue weighted by molar-refractivity contribution is 5.96. The number of anilines is 1. The summed E-state index contributed by atoms with van der Waals surface area (Å²) >= 11 is 0. The molecule has 3 rings (SSSR count). The first-order chi connectivity index (χ1) is 17.5. The Labute approximate surface area is 217 Å². The number of carbonyl (C=O) groups is 2. The number of hydrazine groups is 1. The summed E-state index contributed by atoms with van der Waals surface area (Å²) in [4.78, 5) is 25.9. The lowest BCUT2D eigenvalue weighted by atomic mass is 9.99. The molecule has 0 saturated heterocycles. The van der Waals surface area contributed by atoms with Gasteiger partial charge >= 0.3 is 5.97 Å². The van der Waals surface area contributed by atoms with Crippen LogP contribution in [0.25, 0.3) is 0 Å². The zero-order valence-corrected chi connectivity index (χ0v) is 21.7. The summed E-state index contributed by atoms with van der Waals surface area (Å²) < 4.78 is 13.7. The second-order valence-electron chi connectivity index (χ2n) is 9.71. The maximum absolute atomic E-state index is 13.7. The molecule has 0 aromatic heterocycles. The predicted molar refractivity (Wildman–Crippen MR) is 139 cm³/mol. The molecule has 1 aliphatic rings. The molecule has 8 nitrogen and oxygen atoms in total. The van der Waals surface area contributed by atoms with Gasteiger partial charge in [-0.25, -0.2) is 9.18 Å². The van der Waals surface area contributed by atoms with Crippen LogP contribution >= 0.6 is 0 Å². The second kappa shape index (κ2) is 12.2. The second-order valence-corrected chi connectivity index (χ2v) is 9.71. The van der Waals surface area contributed by atoms with Gasteiger partial charge in [-0.1, -0.05) is 50.6 Å². The highest BCUT2D eigenvalue weighted by Gasteiger charge is 2.45. The van der Waals surface area contributed by atoms with Crippen LogP contribution in [0.4, 0.5) is 10.1 Å². The van der Waals surface area contributed by atoms with Gasteiger partial charge in [0, 0.05) is 18.7 Å². The maximum atomic E-state index is 13.7. The van der Waals surface area contributed by atoms with Crippen molar-refractivity contribution in [3.05, 3.63) is 76.7 Å². The molecule has 1 aliphatic heterocycles. The number of carboxylic acids is 1. The molecule has 0 saturated carbocycles. The summed E-state index contributed by atoms with van der Waals surface area (Å²) in [5.41, 5.74) is 3.30. The number of amides is 1. The summed E-state index contributed by atoms with van der Waals surface area (Å²) in [7, 11) is 0. The van der Waals surface area contributed by atoms with E-state index in [0.717, 1.165) is 11.1 Å². The number of aryl methyl sites for hydroxylation is 1. The van der Waals surface area contributed by atoms with E-state index in [0.29, 0.717) is 23.4 Å². The number of benzene rings is 2. The number of nitrogens with one attached hydrogen (secondary N) is 1. The Kier molecular flexibility index (Phi) is 9.29. The Morgan fingerprint density at radius 3 is 2.22 bits per heavy atom. The third kappa shape index (κ3) is 6.67. The van der Waals surface area contributed by atoms with Crippen molar-refractivity contribution >= 4 is 17.6 Å². The summed E-state index contributed by atoms with van der Waals surface area (Å²) in [6.45, 7) is 7.73. The van der Waals surface area contributed by atoms with E-state index in [9.17, 15) is 29.3 Å². The molecule has 2 aromatic rings. The lowest BCUT2D eigenvalue weighted by molar-refractivity contribution is -0.148.